The quantitative estimate of drug-likeness (QED) is 0.864. The van der Waals surface area contributed by atoms with Crippen LogP contribution in [0.25, 0.3) is 0 Å². The van der Waals surface area contributed by atoms with Gasteiger partial charge in [0.1, 0.15) is 0 Å². The summed E-state index contributed by atoms with van der Waals surface area (Å²) >= 11 is 0. The number of aromatic nitrogens is 2. The van der Waals surface area contributed by atoms with Gasteiger partial charge in [0.2, 0.25) is 0 Å². The Balaban J connectivity index is 1.53. The molecule has 0 fully saturated rings. The highest BCUT2D eigenvalue weighted by molar-refractivity contribution is 5.40. The van der Waals surface area contributed by atoms with E-state index in [1.807, 2.05) is 17.9 Å². The number of hydrogen-bond acceptors (Lipinski definition) is 2. The van der Waals surface area contributed by atoms with Gasteiger partial charge in [-0.15, -0.1) is 0 Å². The van der Waals surface area contributed by atoms with Crippen LogP contribution in [0.4, 0.5) is 0 Å². The number of fused-ring (bicyclic) bond motifs is 1. The van der Waals surface area contributed by atoms with Gasteiger partial charge in [-0.1, -0.05) is 24.3 Å². The van der Waals surface area contributed by atoms with Crippen molar-refractivity contribution < 1.29 is 0 Å². The number of nitrogens with one attached hydrogen (secondary N) is 1. The third-order valence-electron chi connectivity index (χ3n) is 3.58. The topological polar surface area (TPSA) is 29.9 Å². The van der Waals surface area contributed by atoms with Crippen molar-refractivity contribution in [1.29, 1.82) is 0 Å². The molecular weight excluding hydrogens is 210 g/mol. The van der Waals surface area contributed by atoms with E-state index in [1.54, 1.807) is 0 Å². The maximum atomic E-state index is 4.16. The zero-order valence-corrected chi connectivity index (χ0v) is 10.1. The highest BCUT2D eigenvalue weighted by atomic mass is 15.3. The standard InChI is InChI=1S/C14H17N3/c1-17-13(6-7-16-17)10-15-9-12-8-11-4-2-3-5-14(11)12/h2-7,12,15H,8-10H2,1H3. The first-order chi connectivity index (χ1) is 8.34. The van der Waals surface area contributed by atoms with E-state index < -0.39 is 0 Å². The molecule has 1 aromatic carbocycles. The Labute approximate surface area is 101 Å². The van der Waals surface area contributed by atoms with Gasteiger partial charge < -0.3 is 5.32 Å². The number of aryl methyl sites for hydroxylation is 1. The summed E-state index contributed by atoms with van der Waals surface area (Å²) in [6, 6.07) is 10.8. The summed E-state index contributed by atoms with van der Waals surface area (Å²) < 4.78 is 1.92. The molecule has 2 aromatic rings. The van der Waals surface area contributed by atoms with Crippen molar-refractivity contribution in [3.63, 3.8) is 0 Å². The minimum Gasteiger partial charge on any atom is -0.311 e. The summed E-state index contributed by atoms with van der Waals surface area (Å²) in [5, 5.41) is 7.67. The van der Waals surface area contributed by atoms with Gasteiger partial charge in [-0.25, -0.2) is 0 Å². The maximum Gasteiger partial charge on any atom is 0.0518 e. The van der Waals surface area contributed by atoms with Gasteiger partial charge in [0.05, 0.1) is 5.69 Å². The fraction of sp³-hybridized carbons (Fsp3) is 0.357. The Hall–Kier alpha value is -1.61. The zero-order chi connectivity index (χ0) is 11.7. The molecular formula is C14H17N3. The smallest absolute Gasteiger partial charge is 0.0518 e. The summed E-state index contributed by atoms with van der Waals surface area (Å²) in [6.07, 6.45) is 3.06. The number of rotatable bonds is 4. The van der Waals surface area contributed by atoms with Crippen LogP contribution in [0.2, 0.25) is 0 Å². The van der Waals surface area contributed by atoms with E-state index >= 15 is 0 Å². The van der Waals surface area contributed by atoms with Gasteiger partial charge in [0, 0.05) is 32.3 Å². The molecule has 3 nitrogen and oxygen atoms in total. The van der Waals surface area contributed by atoms with Crippen molar-refractivity contribution in [2.45, 2.75) is 18.9 Å². The van der Waals surface area contributed by atoms with Gasteiger partial charge in [0.15, 0.2) is 0 Å². The SMILES string of the molecule is Cn1nccc1CNCC1Cc2ccccc21. The van der Waals surface area contributed by atoms with Crippen LogP contribution in [0.1, 0.15) is 22.7 Å². The lowest BCUT2D eigenvalue weighted by Gasteiger charge is -2.30. The lowest BCUT2D eigenvalue weighted by molar-refractivity contribution is 0.524. The van der Waals surface area contributed by atoms with Crippen LogP contribution in [0.15, 0.2) is 36.5 Å². The van der Waals surface area contributed by atoms with E-state index in [0.29, 0.717) is 5.92 Å². The summed E-state index contributed by atoms with van der Waals surface area (Å²) in [5.41, 5.74) is 4.27. The van der Waals surface area contributed by atoms with Crippen LogP contribution in [0, 0.1) is 0 Å². The highest BCUT2D eigenvalue weighted by Gasteiger charge is 2.24. The molecule has 17 heavy (non-hydrogen) atoms. The average Bonchev–Trinajstić information content (AvgIpc) is 2.71. The molecule has 1 N–H and O–H groups in total. The Morgan fingerprint density at radius 1 is 1.35 bits per heavy atom. The second-order valence-corrected chi connectivity index (χ2v) is 4.68. The molecule has 0 radical (unpaired) electrons. The molecule has 0 saturated heterocycles. The fourth-order valence-electron chi connectivity index (χ4n) is 2.49. The van der Waals surface area contributed by atoms with Gasteiger partial charge in [-0.05, 0) is 23.6 Å². The van der Waals surface area contributed by atoms with E-state index in [2.05, 4.69) is 40.7 Å². The van der Waals surface area contributed by atoms with Crippen LogP contribution in [0.5, 0.6) is 0 Å². The molecule has 0 bridgehead atoms. The Bertz CT molecular complexity index is 516. The molecule has 0 amide bonds. The summed E-state index contributed by atoms with van der Waals surface area (Å²) in [7, 11) is 1.98. The molecule has 1 atom stereocenters. The number of hydrogen-bond donors (Lipinski definition) is 1. The third-order valence-corrected chi connectivity index (χ3v) is 3.58. The molecule has 3 heteroatoms. The molecule has 0 aliphatic heterocycles. The molecule has 1 unspecified atom stereocenters. The van der Waals surface area contributed by atoms with E-state index in [9.17, 15) is 0 Å². The average molecular weight is 227 g/mol. The summed E-state index contributed by atoms with van der Waals surface area (Å²) in [5.74, 6) is 0.694. The highest BCUT2D eigenvalue weighted by Crippen LogP contribution is 2.33. The van der Waals surface area contributed by atoms with Gasteiger partial charge >= 0.3 is 0 Å². The fourth-order valence-corrected chi connectivity index (χ4v) is 2.49. The molecule has 0 spiro atoms. The first kappa shape index (κ1) is 10.5. The predicted octanol–water partition coefficient (Wildman–Crippen LogP) is 1.85. The largest absolute Gasteiger partial charge is 0.311 e. The molecule has 88 valence electrons. The van der Waals surface area contributed by atoms with Gasteiger partial charge in [-0.3, -0.25) is 4.68 Å². The third kappa shape index (κ3) is 1.98. The van der Waals surface area contributed by atoms with Crippen molar-refractivity contribution in [1.82, 2.24) is 15.1 Å². The Morgan fingerprint density at radius 3 is 3.00 bits per heavy atom. The van der Waals surface area contributed by atoms with E-state index in [1.165, 1.54) is 23.2 Å². The Morgan fingerprint density at radius 2 is 2.24 bits per heavy atom. The second-order valence-electron chi connectivity index (χ2n) is 4.68. The second kappa shape index (κ2) is 4.34. The van der Waals surface area contributed by atoms with Crippen molar-refractivity contribution >= 4 is 0 Å². The molecule has 1 heterocycles. The lowest BCUT2D eigenvalue weighted by atomic mass is 9.77. The van der Waals surface area contributed by atoms with Crippen LogP contribution < -0.4 is 5.32 Å². The molecule has 1 aromatic heterocycles. The van der Waals surface area contributed by atoms with Gasteiger partial charge in [-0.2, -0.15) is 5.10 Å². The molecule has 1 aliphatic carbocycles. The van der Waals surface area contributed by atoms with E-state index in [0.717, 1.165) is 13.1 Å². The number of benzene rings is 1. The van der Waals surface area contributed by atoms with Crippen LogP contribution in [-0.2, 0) is 20.0 Å². The molecule has 1 aliphatic rings. The van der Waals surface area contributed by atoms with Crippen molar-refractivity contribution in [3.05, 3.63) is 53.3 Å². The minimum absolute atomic E-state index is 0.694. The lowest BCUT2D eigenvalue weighted by Crippen LogP contribution is -2.29. The molecule has 0 saturated carbocycles. The van der Waals surface area contributed by atoms with Crippen LogP contribution in [0.3, 0.4) is 0 Å². The van der Waals surface area contributed by atoms with E-state index in [4.69, 9.17) is 0 Å². The predicted molar refractivity (Wildman–Crippen MR) is 67.8 cm³/mol. The van der Waals surface area contributed by atoms with Crippen molar-refractivity contribution in [2.24, 2.45) is 7.05 Å². The van der Waals surface area contributed by atoms with Crippen molar-refractivity contribution in [2.75, 3.05) is 6.54 Å². The monoisotopic (exact) mass is 227 g/mol. The zero-order valence-electron chi connectivity index (χ0n) is 10.1. The minimum atomic E-state index is 0.694. The normalized spacial score (nSPS) is 17.6. The number of nitrogens with zero attached hydrogens (tertiary/aromatic N) is 2. The summed E-state index contributed by atoms with van der Waals surface area (Å²) in [4.78, 5) is 0. The first-order valence-electron chi connectivity index (χ1n) is 6.10. The van der Waals surface area contributed by atoms with Crippen molar-refractivity contribution in [3.8, 4) is 0 Å². The molecule has 3 rings (SSSR count). The first-order valence-corrected chi connectivity index (χ1v) is 6.10. The van der Waals surface area contributed by atoms with Crippen LogP contribution in [-0.4, -0.2) is 16.3 Å². The maximum absolute atomic E-state index is 4.16. The summed E-state index contributed by atoms with van der Waals surface area (Å²) in [6.45, 7) is 1.96. The van der Waals surface area contributed by atoms with Gasteiger partial charge in [0.25, 0.3) is 0 Å². The van der Waals surface area contributed by atoms with E-state index in [-0.39, 0.29) is 0 Å². The Kier molecular flexibility index (Phi) is 2.69. The van der Waals surface area contributed by atoms with Crippen LogP contribution >= 0.6 is 0 Å².